The van der Waals surface area contributed by atoms with Gasteiger partial charge in [-0.15, -0.1) is 0 Å². The van der Waals surface area contributed by atoms with Crippen LogP contribution in [0.15, 0.2) is 24.5 Å². The summed E-state index contributed by atoms with van der Waals surface area (Å²) < 4.78 is 27.1. The Hall–Kier alpha value is -0.940. The van der Waals surface area contributed by atoms with Gasteiger partial charge in [-0.2, -0.15) is 0 Å². The van der Waals surface area contributed by atoms with Crippen LogP contribution < -0.4 is 4.72 Å². The molecule has 1 rings (SSSR count). The van der Waals surface area contributed by atoms with Crippen molar-refractivity contribution in [3.05, 3.63) is 30.1 Å². The molecule has 0 saturated carbocycles. The van der Waals surface area contributed by atoms with Gasteiger partial charge in [-0.25, -0.2) is 13.1 Å². The lowest BCUT2D eigenvalue weighted by atomic mass is 9.86. The molecule has 0 aliphatic carbocycles. The third kappa shape index (κ3) is 6.48. The Bertz CT molecular complexity index is 492. The third-order valence-electron chi connectivity index (χ3n) is 2.99. The van der Waals surface area contributed by atoms with E-state index < -0.39 is 10.0 Å². The summed E-state index contributed by atoms with van der Waals surface area (Å²) in [6.07, 6.45) is 5.73. The van der Waals surface area contributed by atoms with Crippen LogP contribution in [0, 0.1) is 5.41 Å². The Labute approximate surface area is 123 Å². The maximum atomic E-state index is 12.1. The first kappa shape index (κ1) is 17.1. The van der Waals surface area contributed by atoms with Gasteiger partial charge in [0.05, 0.1) is 5.75 Å². The van der Waals surface area contributed by atoms with Crippen LogP contribution in [0.5, 0.6) is 0 Å². The van der Waals surface area contributed by atoms with Crippen molar-refractivity contribution >= 4 is 10.0 Å². The first-order valence-electron chi connectivity index (χ1n) is 7.13. The van der Waals surface area contributed by atoms with Gasteiger partial charge >= 0.3 is 0 Å². The highest BCUT2D eigenvalue weighted by Gasteiger charge is 2.24. The number of nitrogens with one attached hydrogen (secondary N) is 1. The van der Waals surface area contributed by atoms with Gasteiger partial charge in [0.15, 0.2) is 0 Å². The lowest BCUT2D eigenvalue weighted by Crippen LogP contribution is -2.33. The number of aromatic nitrogens is 1. The molecule has 1 unspecified atom stereocenters. The summed E-state index contributed by atoms with van der Waals surface area (Å²) in [6.45, 7) is 8.31. The largest absolute Gasteiger partial charge is 0.264 e. The monoisotopic (exact) mass is 298 g/mol. The molecular weight excluding hydrogens is 272 g/mol. The van der Waals surface area contributed by atoms with Crippen LogP contribution >= 0.6 is 0 Å². The molecule has 0 spiro atoms. The predicted octanol–water partition coefficient (Wildman–Crippen LogP) is 3.28. The fraction of sp³-hybridized carbons (Fsp3) is 0.667. The Morgan fingerprint density at radius 3 is 2.55 bits per heavy atom. The minimum Gasteiger partial charge on any atom is -0.264 e. The van der Waals surface area contributed by atoms with Crippen LogP contribution in [0.25, 0.3) is 0 Å². The summed E-state index contributed by atoms with van der Waals surface area (Å²) in [6, 6.07) is 3.54. The van der Waals surface area contributed by atoms with Crippen LogP contribution in [0.2, 0.25) is 0 Å². The van der Waals surface area contributed by atoms with E-state index in [-0.39, 0.29) is 17.2 Å². The summed E-state index contributed by atoms with van der Waals surface area (Å²) in [5, 5.41) is 0. The summed E-state index contributed by atoms with van der Waals surface area (Å²) in [4.78, 5) is 4.09. The van der Waals surface area contributed by atoms with E-state index in [4.69, 9.17) is 0 Å². The highest BCUT2D eigenvalue weighted by Crippen LogP contribution is 2.29. The average Bonchev–Trinajstić information content (AvgIpc) is 2.35. The van der Waals surface area contributed by atoms with Gasteiger partial charge < -0.3 is 0 Å². The van der Waals surface area contributed by atoms with Crippen molar-refractivity contribution in [3.63, 3.8) is 0 Å². The van der Waals surface area contributed by atoms with E-state index in [1.165, 1.54) is 0 Å². The Kier molecular flexibility index (Phi) is 6.14. The third-order valence-corrected chi connectivity index (χ3v) is 4.46. The van der Waals surface area contributed by atoms with Crippen LogP contribution in [0.3, 0.4) is 0 Å². The summed E-state index contributed by atoms with van der Waals surface area (Å²) in [7, 11) is -3.24. The molecular formula is C15H26N2O2S. The topological polar surface area (TPSA) is 59.1 Å². The Morgan fingerprint density at radius 1 is 1.35 bits per heavy atom. The van der Waals surface area contributed by atoms with Gasteiger partial charge in [-0.3, -0.25) is 4.98 Å². The smallest absolute Gasteiger partial charge is 0.212 e. The maximum absolute atomic E-state index is 12.1. The minimum absolute atomic E-state index is 0.0355. The molecule has 1 aromatic rings. The molecule has 1 aromatic heterocycles. The zero-order valence-corrected chi connectivity index (χ0v) is 13.7. The molecule has 20 heavy (non-hydrogen) atoms. The molecule has 0 radical (unpaired) electrons. The van der Waals surface area contributed by atoms with E-state index in [2.05, 4.69) is 30.5 Å². The number of unbranched alkanes of at least 4 members (excludes halogenated alkanes) is 1. The van der Waals surface area contributed by atoms with E-state index in [9.17, 15) is 8.42 Å². The second-order valence-electron chi connectivity index (χ2n) is 6.39. The number of hydrogen-bond acceptors (Lipinski definition) is 3. The Balaban J connectivity index is 2.89. The lowest BCUT2D eigenvalue weighted by molar-refractivity contribution is 0.330. The SMILES string of the molecule is CCCCS(=O)(=O)NC(CC(C)(C)C)c1cccnc1. The van der Waals surface area contributed by atoms with E-state index in [0.717, 1.165) is 18.4 Å². The molecule has 0 aliphatic rings. The molecule has 1 atom stereocenters. The molecule has 0 saturated heterocycles. The molecule has 5 heteroatoms. The standard InChI is InChI=1S/C15H26N2O2S/c1-5-6-10-20(18,19)17-14(11-15(2,3)4)13-8-7-9-16-12-13/h7-9,12,14,17H,5-6,10-11H2,1-4H3. The second kappa shape index (κ2) is 7.18. The molecule has 4 nitrogen and oxygen atoms in total. The molecule has 1 heterocycles. The number of nitrogens with zero attached hydrogens (tertiary/aromatic N) is 1. The predicted molar refractivity (Wildman–Crippen MR) is 82.9 cm³/mol. The van der Waals surface area contributed by atoms with Gasteiger partial charge in [0.2, 0.25) is 10.0 Å². The zero-order chi connectivity index (χ0) is 15.2. The van der Waals surface area contributed by atoms with Crippen molar-refractivity contribution in [2.45, 2.75) is 53.0 Å². The zero-order valence-electron chi connectivity index (χ0n) is 12.9. The fourth-order valence-corrected chi connectivity index (χ4v) is 3.47. The first-order chi connectivity index (χ1) is 9.23. The highest BCUT2D eigenvalue weighted by molar-refractivity contribution is 7.89. The van der Waals surface area contributed by atoms with Gasteiger partial charge in [0.25, 0.3) is 0 Å². The van der Waals surface area contributed by atoms with E-state index >= 15 is 0 Å². The quantitative estimate of drug-likeness (QED) is 0.840. The summed E-state index contributed by atoms with van der Waals surface area (Å²) in [5.41, 5.74) is 0.954. The van der Waals surface area contributed by atoms with E-state index in [0.29, 0.717) is 6.42 Å². The second-order valence-corrected chi connectivity index (χ2v) is 8.27. The van der Waals surface area contributed by atoms with Crippen LogP contribution in [0.1, 0.15) is 58.6 Å². The number of pyridine rings is 1. The first-order valence-corrected chi connectivity index (χ1v) is 8.79. The van der Waals surface area contributed by atoms with E-state index in [1.807, 2.05) is 19.1 Å². The maximum Gasteiger partial charge on any atom is 0.212 e. The average molecular weight is 298 g/mol. The lowest BCUT2D eigenvalue weighted by Gasteiger charge is -2.26. The van der Waals surface area contributed by atoms with Gasteiger partial charge in [0.1, 0.15) is 0 Å². The van der Waals surface area contributed by atoms with E-state index in [1.54, 1.807) is 12.4 Å². The minimum atomic E-state index is -3.24. The van der Waals surface area contributed by atoms with Crippen molar-refractivity contribution in [1.82, 2.24) is 9.71 Å². The molecule has 0 fully saturated rings. The Morgan fingerprint density at radius 2 is 2.05 bits per heavy atom. The van der Waals surface area contributed by atoms with Crippen molar-refractivity contribution in [2.24, 2.45) is 5.41 Å². The number of sulfonamides is 1. The van der Waals surface area contributed by atoms with Crippen LogP contribution in [0.4, 0.5) is 0 Å². The molecule has 0 amide bonds. The summed E-state index contributed by atoms with van der Waals surface area (Å²) in [5.74, 6) is 0.185. The molecule has 0 bridgehead atoms. The number of hydrogen-bond donors (Lipinski definition) is 1. The fourth-order valence-electron chi connectivity index (χ4n) is 2.03. The summed E-state index contributed by atoms with van der Waals surface area (Å²) >= 11 is 0. The molecule has 114 valence electrons. The van der Waals surface area contributed by atoms with Gasteiger partial charge in [-0.05, 0) is 29.9 Å². The van der Waals surface area contributed by atoms with Crippen molar-refractivity contribution in [3.8, 4) is 0 Å². The van der Waals surface area contributed by atoms with Gasteiger partial charge in [-0.1, -0.05) is 40.2 Å². The molecule has 0 aromatic carbocycles. The molecule has 1 N–H and O–H groups in total. The van der Waals surface area contributed by atoms with Crippen LogP contribution in [-0.4, -0.2) is 19.2 Å². The van der Waals surface area contributed by atoms with Crippen molar-refractivity contribution < 1.29 is 8.42 Å². The van der Waals surface area contributed by atoms with Crippen molar-refractivity contribution in [1.29, 1.82) is 0 Å². The number of rotatable bonds is 7. The normalized spacial score (nSPS) is 14.2. The van der Waals surface area contributed by atoms with Crippen LogP contribution in [-0.2, 0) is 10.0 Å². The van der Waals surface area contributed by atoms with Gasteiger partial charge in [0, 0.05) is 18.4 Å². The molecule has 0 aliphatic heterocycles. The van der Waals surface area contributed by atoms with Crippen molar-refractivity contribution in [2.75, 3.05) is 5.75 Å². The highest BCUT2D eigenvalue weighted by atomic mass is 32.2.